The number of hydrogen-bond donors (Lipinski definition) is 1. The first kappa shape index (κ1) is 22.6. The van der Waals surface area contributed by atoms with Gasteiger partial charge in [-0.15, -0.1) is 5.73 Å². The van der Waals surface area contributed by atoms with Crippen molar-refractivity contribution in [3.05, 3.63) is 78.1 Å². The van der Waals surface area contributed by atoms with Crippen LogP contribution in [0.5, 0.6) is 0 Å². The Morgan fingerprint density at radius 1 is 1.28 bits per heavy atom. The maximum absolute atomic E-state index is 12.1. The lowest BCUT2D eigenvalue weighted by Crippen LogP contribution is -2.14. The fourth-order valence-corrected chi connectivity index (χ4v) is 3.22. The van der Waals surface area contributed by atoms with E-state index < -0.39 is 6.10 Å². The van der Waals surface area contributed by atoms with Gasteiger partial charge >= 0.3 is 5.97 Å². The van der Waals surface area contributed by atoms with Gasteiger partial charge in [0, 0.05) is 18.3 Å². The first-order chi connectivity index (χ1) is 14.1. The number of ether oxygens (including phenoxy) is 1. The van der Waals surface area contributed by atoms with Crippen molar-refractivity contribution in [1.82, 2.24) is 0 Å². The Hall–Kier alpha value is -2.68. The van der Waals surface area contributed by atoms with Crippen molar-refractivity contribution in [3.8, 4) is 0 Å². The molecule has 29 heavy (non-hydrogen) atoms. The van der Waals surface area contributed by atoms with Gasteiger partial charge in [-0.1, -0.05) is 48.6 Å². The van der Waals surface area contributed by atoms with E-state index in [-0.39, 0.29) is 23.6 Å². The predicted octanol–water partition coefficient (Wildman–Crippen LogP) is 4.35. The summed E-state index contributed by atoms with van der Waals surface area (Å²) in [6.45, 7) is 2.18. The zero-order valence-electron chi connectivity index (χ0n) is 17.0. The summed E-state index contributed by atoms with van der Waals surface area (Å²) in [5, 5.41) is 10.2. The van der Waals surface area contributed by atoms with Crippen LogP contribution >= 0.6 is 0 Å². The van der Waals surface area contributed by atoms with Crippen LogP contribution in [0.1, 0.15) is 38.2 Å². The average Bonchev–Trinajstić information content (AvgIpc) is 3.08. The summed E-state index contributed by atoms with van der Waals surface area (Å²) < 4.78 is 4.87. The number of allylic oxidation sites excluding steroid dienone is 4. The van der Waals surface area contributed by atoms with Crippen molar-refractivity contribution in [3.63, 3.8) is 0 Å². The number of esters is 1. The number of benzene rings is 1. The quantitative estimate of drug-likeness (QED) is 0.344. The SMILES string of the molecule is CCOC(=O)CCC=C=CCC1C(=O)C=CC1/C=C/C(O)CCc1ccccc1. The zero-order chi connectivity index (χ0) is 20.9. The zero-order valence-corrected chi connectivity index (χ0v) is 17.0. The van der Waals surface area contributed by atoms with Crippen LogP contribution in [0.2, 0.25) is 0 Å². The third-order valence-corrected chi connectivity index (χ3v) is 4.85. The van der Waals surface area contributed by atoms with E-state index in [1.807, 2.05) is 36.4 Å². The highest BCUT2D eigenvalue weighted by atomic mass is 16.5. The molecule has 0 fully saturated rings. The number of aryl methyl sites for hydroxylation is 1. The maximum atomic E-state index is 12.1. The molecule has 3 atom stereocenters. The van der Waals surface area contributed by atoms with E-state index in [0.717, 1.165) is 6.42 Å². The first-order valence-corrected chi connectivity index (χ1v) is 10.3. The molecule has 0 radical (unpaired) electrons. The largest absolute Gasteiger partial charge is 0.466 e. The Morgan fingerprint density at radius 2 is 2.07 bits per heavy atom. The summed E-state index contributed by atoms with van der Waals surface area (Å²) >= 11 is 0. The van der Waals surface area contributed by atoms with Crippen LogP contribution in [-0.4, -0.2) is 29.6 Å². The van der Waals surface area contributed by atoms with Crippen molar-refractivity contribution in [2.75, 3.05) is 6.61 Å². The van der Waals surface area contributed by atoms with E-state index in [9.17, 15) is 14.7 Å². The van der Waals surface area contributed by atoms with E-state index in [2.05, 4.69) is 17.9 Å². The van der Waals surface area contributed by atoms with Crippen molar-refractivity contribution in [1.29, 1.82) is 0 Å². The molecule has 3 unspecified atom stereocenters. The second kappa shape index (κ2) is 12.7. The summed E-state index contributed by atoms with van der Waals surface area (Å²) in [6.07, 6.45) is 13.3. The Kier molecular flexibility index (Phi) is 9.91. The van der Waals surface area contributed by atoms with Gasteiger partial charge in [0.1, 0.15) is 0 Å². The fraction of sp³-hybridized carbons (Fsp3) is 0.400. The number of aliphatic hydroxyl groups is 1. The minimum absolute atomic E-state index is 0.00791. The molecule has 0 spiro atoms. The number of carbonyl (C=O) groups is 2. The monoisotopic (exact) mass is 394 g/mol. The van der Waals surface area contributed by atoms with Crippen LogP contribution in [0.25, 0.3) is 0 Å². The molecular formula is C25H30O4. The minimum atomic E-state index is -0.529. The van der Waals surface area contributed by atoms with Gasteiger partial charge in [0.15, 0.2) is 5.78 Å². The smallest absolute Gasteiger partial charge is 0.306 e. The first-order valence-electron chi connectivity index (χ1n) is 10.3. The highest BCUT2D eigenvalue weighted by Crippen LogP contribution is 2.27. The number of aliphatic hydroxyl groups excluding tert-OH is 1. The third-order valence-electron chi connectivity index (χ3n) is 4.85. The molecule has 1 aliphatic carbocycles. The van der Waals surface area contributed by atoms with E-state index in [4.69, 9.17) is 4.74 Å². The van der Waals surface area contributed by atoms with Gasteiger partial charge < -0.3 is 9.84 Å². The molecule has 4 nitrogen and oxygen atoms in total. The summed E-state index contributed by atoms with van der Waals surface area (Å²) in [4.78, 5) is 23.4. The van der Waals surface area contributed by atoms with Crippen LogP contribution in [0.3, 0.4) is 0 Å². The third kappa shape index (κ3) is 8.47. The van der Waals surface area contributed by atoms with Gasteiger partial charge in [-0.3, -0.25) is 9.59 Å². The molecule has 0 saturated carbocycles. The molecule has 1 N–H and O–H groups in total. The molecule has 1 aromatic carbocycles. The average molecular weight is 395 g/mol. The highest BCUT2D eigenvalue weighted by Gasteiger charge is 2.27. The molecule has 0 saturated heterocycles. The Bertz CT molecular complexity index is 769. The Morgan fingerprint density at radius 3 is 2.83 bits per heavy atom. The molecule has 0 heterocycles. The lowest BCUT2D eigenvalue weighted by atomic mass is 9.90. The minimum Gasteiger partial charge on any atom is -0.466 e. The van der Waals surface area contributed by atoms with Crippen LogP contribution in [0.4, 0.5) is 0 Å². The second-order valence-corrected chi connectivity index (χ2v) is 7.08. The van der Waals surface area contributed by atoms with Gasteiger partial charge in [-0.2, -0.15) is 0 Å². The fourth-order valence-electron chi connectivity index (χ4n) is 3.22. The standard InChI is InChI=1S/C25H30O4/c1-2-29-25(28)13-9-4-3-8-12-23-21(16-19-24(23)27)15-18-22(26)17-14-20-10-6-5-7-11-20/h4-8,10-11,15-16,18-19,21-23,26H,2,9,12-14,17H2,1H3/b18-15+. The number of carbonyl (C=O) groups excluding carboxylic acids is 2. The maximum Gasteiger partial charge on any atom is 0.306 e. The van der Waals surface area contributed by atoms with Gasteiger partial charge in [-0.05, 0) is 56.4 Å². The van der Waals surface area contributed by atoms with Crippen LogP contribution < -0.4 is 0 Å². The van der Waals surface area contributed by atoms with E-state index >= 15 is 0 Å². The summed E-state index contributed by atoms with van der Waals surface area (Å²) in [5.41, 5.74) is 4.25. The lowest BCUT2D eigenvalue weighted by molar-refractivity contribution is -0.143. The molecule has 0 aliphatic heterocycles. The Labute approximate surface area is 173 Å². The Balaban J connectivity index is 1.78. The van der Waals surface area contributed by atoms with E-state index in [1.54, 1.807) is 25.2 Å². The molecule has 154 valence electrons. The molecule has 0 aromatic heterocycles. The van der Waals surface area contributed by atoms with E-state index in [1.165, 1.54) is 5.56 Å². The molecule has 0 amide bonds. The molecule has 4 heteroatoms. The summed E-state index contributed by atoms with van der Waals surface area (Å²) in [6, 6.07) is 10.1. The van der Waals surface area contributed by atoms with Gasteiger partial charge in [0.05, 0.1) is 12.7 Å². The van der Waals surface area contributed by atoms with Crippen molar-refractivity contribution >= 4 is 11.8 Å². The highest BCUT2D eigenvalue weighted by molar-refractivity contribution is 5.95. The normalized spacial score (nSPS) is 19.2. The van der Waals surface area contributed by atoms with Crippen molar-refractivity contribution in [2.45, 2.75) is 45.1 Å². The topological polar surface area (TPSA) is 63.6 Å². The summed E-state index contributed by atoms with van der Waals surface area (Å²) in [7, 11) is 0. The lowest BCUT2D eigenvalue weighted by Gasteiger charge is -2.13. The van der Waals surface area contributed by atoms with Crippen LogP contribution in [-0.2, 0) is 20.7 Å². The van der Waals surface area contributed by atoms with Crippen LogP contribution in [0.15, 0.2) is 72.5 Å². The van der Waals surface area contributed by atoms with Gasteiger partial charge in [0.2, 0.25) is 0 Å². The van der Waals surface area contributed by atoms with Crippen LogP contribution in [0, 0.1) is 11.8 Å². The van der Waals surface area contributed by atoms with Gasteiger partial charge in [-0.25, -0.2) is 0 Å². The number of ketones is 1. The van der Waals surface area contributed by atoms with Crippen molar-refractivity contribution in [2.24, 2.45) is 11.8 Å². The molecular weight excluding hydrogens is 364 g/mol. The van der Waals surface area contributed by atoms with Crippen molar-refractivity contribution < 1.29 is 19.4 Å². The number of hydrogen-bond acceptors (Lipinski definition) is 4. The molecule has 1 aromatic rings. The molecule has 1 aliphatic rings. The second-order valence-electron chi connectivity index (χ2n) is 7.08. The molecule has 0 bridgehead atoms. The number of rotatable bonds is 11. The van der Waals surface area contributed by atoms with E-state index in [0.29, 0.717) is 32.3 Å². The van der Waals surface area contributed by atoms with Gasteiger partial charge in [0.25, 0.3) is 0 Å². The summed E-state index contributed by atoms with van der Waals surface area (Å²) in [5.74, 6) is -0.273. The predicted molar refractivity (Wildman–Crippen MR) is 114 cm³/mol. The molecule has 2 rings (SSSR count).